The van der Waals surface area contributed by atoms with Crippen LogP contribution in [0.2, 0.25) is 5.02 Å². The zero-order chi connectivity index (χ0) is 15.8. The van der Waals surface area contributed by atoms with E-state index in [0.29, 0.717) is 29.0 Å². The summed E-state index contributed by atoms with van der Waals surface area (Å²) in [4.78, 5) is 0. The van der Waals surface area contributed by atoms with Crippen molar-refractivity contribution in [2.24, 2.45) is 11.7 Å². The largest absolute Gasteiger partial charge is 0.493 e. The van der Waals surface area contributed by atoms with Gasteiger partial charge in [-0.1, -0.05) is 32.4 Å². The van der Waals surface area contributed by atoms with E-state index in [1.165, 1.54) is 0 Å². The molecule has 0 saturated heterocycles. The highest BCUT2D eigenvalue weighted by atomic mass is 35.5. The second-order valence-corrected chi connectivity index (χ2v) is 6.27. The second kappa shape index (κ2) is 9.16. The van der Waals surface area contributed by atoms with E-state index in [-0.39, 0.29) is 6.04 Å². The van der Waals surface area contributed by atoms with E-state index in [9.17, 15) is 0 Å². The van der Waals surface area contributed by atoms with Crippen LogP contribution in [0.3, 0.4) is 0 Å². The molecule has 21 heavy (non-hydrogen) atoms. The lowest BCUT2D eigenvalue weighted by molar-refractivity contribution is 0.279. The van der Waals surface area contributed by atoms with Crippen LogP contribution >= 0.6 is 11.6 Å². The minimum atomic E-state index is 0.142. The molecule has 1 atom stereocenters. The van der Waals surface area contributed by atoms with Gasteiger partial charge in [0.2, 0.25) is 0 Å². The van der Waals surface area contributed by atoms with Crippen molar-refractivity contribution in [1.82, 2.24) is 0 Å². The van der Waals surface area contributed by atoms with Gasteiger partial charge in [-0.15, -0.1) is 0 Å². The smallest absolute Gasteiger partial charge is 0.179 e. The molecule has 0 aliphatic heterocycles. The Kier molecular flexibility index (Phi) is 7.91. The lowest BCUT2D eigenvalue weighted by Gasteiger charge is -2.16. The summed E-state index contributed by atoms with van der Waals surface area (Å²) in [7, 11) is 1.64. The predicted molar refractivity (Wildman–Crippen MR) is 89.5 cm³/mol. The summed E-state index contributed by atoms with van der Waals surface area (Å²) in [6.45, 7) is 7.15. The Balaban J connectivity index is 2.75. The summed E-state index contributed by atoms with van der Waals surface area (Å²) in [6, 6.07) is 4.04. The monoisotopic (exact) mass is 313 g/mol. The first-order chi connectivity index (χ1) is 9.97. The zero-order valence-electron chi connectivity index (χ0n) is 13.6. The molecule has 3 nitrogen and oxygen atoms in total. The van der Waals surface area contributed by atoms with E-state index < -0.39 is 0 Å². The Morgan fingerprint density at radius 1 is 1.29 bits per heavy atom. The first-order valence-electron chi connectivity index (χ1n) is 7.72. The SMILES string of the molecule is CCC(N)Cc1cc(Cl)c(OCCCC(C)C)c(OC)c1. The van der Waals surface area contributed by atoms with Crippen molar-refractivity contribution in [2.45, 2.75) is 52.5 Å². The molecule has 0 heterocycles. The molecule has 1 aromatic rings. The van der Waals surface area contributed by atoms with Crippen molar-refractivity contribution in [3.05, 3.63) is 22.7 Å². The van der Waals surface area contributed by atoms with E-state index in [1.54, 1.807) is 7.11 Å². The van der Waals surface area contributed by atoms with Crippen molar-refractivity contribution in [1.29, 1.82) is 0 Å². The molecule has 0 fully saturated rings. The summed E-state index contributed by atoms with van der Waals surface area (Å²) in [5.41, 5.74) is 7.08. The van der Waals surface area contributed by atoms with Crippen molar-refractivity contribution in [2.75, 3.05) is 13.7 Å². The minimum absolute atomic E-state index is 0.142. The molecule has 0 radical (unpaired) electrons. The highest BCUT2D eigenvalue weighted by Crippen LogP contribution is 2.37. The highest BCUT2D eigenvalue weighted by Gasteiger charge is 2.13. The number of ether oxygens (including phenoxy) is 2. The molecule has 1 aromatic carbocycles. The Morgan fingerprint density at radius 3 is 2.57 bits per heavy atom. The maximum Gasteiger partial charge on any atom is 0.179 e. The lowest BCUT2D eigenvalue weighted by Crippen LogP contribution is -2.21. The molecule has 0 aliphatic rings. The Labute approximate surface area is 133 Å². The molecule has 1 unspecified atom stereocenters. The maximum absolute atomic E-state index is 6.34. The summed E-state index contributed by atoms with van der Waals surface area (Å²) >= 11 is 6.34. The van der Waals surface area contributed by atoms with E-state index in [2.05, 4.69) is 20.8 Å². The molecule has 0 spiro atoms. The van der Waals surface area contributed by atoms with Crippen LogP contribution in [0.1, 0.15) is 45.6 Å². The quantitative estimate of drug-likeness (QED) is 0.685. The van der Waals surface area contributed by atoms with Gasteiger partial charge in [0.05, 0.1) is 18.7 Å². The molecule has 0 saturated carbocycles. The summed E-state index contributed by atoms with van der Waals surface area (Å²) in [5, 5.41) is 0.595. The van der Waals surface area contributed by atoms with Gasteiger partial charge >= 0.3 is 0 Å². The van der Waals surface area contributed by atoms with Gasteiger partial charge in [0, 0.05) is 6.04 Å². The first-order valence-corrected chi connectivity index (χ1v) is 8.10. The number of nitrogens with two attached hydrogens (primary N) is 1. The molecule has 0 aliphatic carbocycles. The zero-order valence-corrected chi connectivity index (χ0v) is 14.4. The summed E-state index contributed by atoms with van der Waals surface area (Å²) < 4.78 is 11.2. The fraction of sp³-hybridized carbons (Fsp3) is 0.647. The van der Waals surface area contributed by atoms with E-state index in [1.807, 2.05) is 12.1 Å². The van der Waals surface area contributed by atoms with Gasteiger partial charge in [0.25, 0.3) is 0 Å². The number of hydrogen-bond acceptors (Lipinski definition) is 3. The van der Waals surface area contributed by atoms with Gasteiger partial charge in [-0.05, 0) is 49.3 Å². The molecule has 0 bridgehead atoms. The van der Waals surface area contributed by atoms with E-state index >= 15 is 0 Å². The van der Waals surface area contributed by atoms with Crippen LogP contribution in [0.5, 0.6) is 11.5 Å². The van der Waals surface area contributed by atoms with Crippen molar-refractivity contribution in [3.8, 4) is 11.5 Å². The van der Waals surface area contributed by atoms with Crippen molar-refractivity contribution in [3.63, 3.8) is 0 Å². The van der Waals surface area contributed by atoms with Crippen LogP contribution in [0.4, 0.5) is 0 Å². The maximum atomic E-state index is 6.34. The molecule has 120 valence electrons. The van der Waals surface area contributed by atoms with Gasteiger partial charge in [-0.25, -0.2) is 0 Å². The van der Waals surface area contributed by atoms with E-state index in [4.69, 9.17) is 26.8 Å². The molecule has 0 amide bonds. The molecule has 0 aromatic heterocycles. The van der Waals surface area contributed by atoms with Gasteiger partial charge in [0.1, 0.15) is 0 Å². The van der Waals surface area contributed by atoms with Crippen LogP contribution in [0, 0.1) is 5.92 Å². The average Bonchev–Trinajstić information content (AvgIpc) is 2.44. The summed E-state index contributed by atoms with van der Waals surface area (Å²) in [6.07, 6.45) is 3.89. The van der Waals surface area contributed by atoms with Gasteiger partial charge < -0.3 is 15.2 Å². The fourth-order valence-electron chi connectivity index (χ4n) is 2.14. The number of benzene rings is 1. The van der Waals surface area contributed by atoms with Gasteiger partial charge in [-0.3, -0.25) is 0 Å². The first kappa shape index (κ1) is 18.1. The molecule has 1 rings (SSSR count). The summed E-state index contributed by atoms with van der Waals surface area (Å²) in [5.74, 6) is 2.01. The predicted octanol–water partition coefficient (Wildman–Crippen LogP) is 4.44. The number of hydrogen-bond donors (Lipinski definition) is 1. The Hall–Kier alpha value is -0.930. The van der Waals surface area contributed by atoms with Crippen molar-refractivity contribution >= 4 is 11.6 Å². The lowest BCUT2D eigenvalue weighted by atomic mass is 10.0. The van der Waals surface area contributed by atoms with Gasteiger partial charge in [0.15, 0.2) is 11.5 Å². The van der Waals surface area contributed by atoms with Crippen LogP contribution in [0.15, 0.2) is 12.1 Å². The van der Waals surface area contributed by atoms with Crippen LogP contribution in [0.25, 0.3) is 0 Å². The van der Waals surface area contributed by atoms with Gasteiger partial charge in [-0.2, -0.15) is 0 Å². The number of methoxy groups -OCH3 is 1. The molecule has 2 N–H and O–H groups in total. The Bertz CT molecular complexity index is 435. The average molecular weight is 314 g/mol. The normalized spacial score (nSPS) is 12.5. The third-order valence-corrected chi connectivity index (χ3v) is 3.76. The fourth-order valence-corrected chi connectivity index (χ4v) is 2.43. The molecular formula is C17H28ClNO2. The second-order valence-electron chi connectivity index (χ2n) is 5.87. The molecule has 4 heteroatoms. The standard InChI is InChI=1S/C17H28ClNO2/c1-5-14(19)9-13-10-15(18)17(16(11-13)20-4)21-8-6-7-12(2)3/h10-12,14H,5-9,19H2,1-4H3. The van der Waals surface area contributed by atoms with Crippen LogP contribution in [-0.2, 0) is 6.42 Å². The topological polar surface area (TPSA) is 44.5 Å². The van der Waals surface area contributed by atoms with Crippen LogP contribution in [-0.4, -0.2) is 19.8 Å². The molecular weight excluding hydrogens is 286 g/mol. The Morgan fingerprint density at radius 2 is 2.00 bits per heavy atom. The number of rotatable bonds is 9. The third-order valence-electron chi connectivity index (χ3n) is 3.48. The number of halogens is 1. The van der Waals surface area contributed by atoms with E-state index in [0.717, 1.165) is 31.2 Å². The third kappa shape index (κ3) is 6.15. The minimum Gasteiger partial charge on any atom is -0.493 e. The van der Waals surface area contributed by atoms with Crippen LogP contribution < -0.4 is 15.2 Å². The highest BCUT2D eigenvalue weighted by molar-refractivity contribution is 6.32. The van der Waals surface area contributed by atoms with Crippen molar-refractivity contribution < 1.29 is 9.47 Å².